The van der Waals surface area contributed by atoms with Crippen molar-refractivity contribution in [1.29, 1.82) is 0 Å². The maximum absolute atomic E-state index is 12.4. The van der Waals surface area contributed by atoms with E-state index in [2.05, 4.69) is 15.6 Å². The van der Waals surface area contributed by atoms with Crippen LogP contribution in [0.15, 0.2) is 17.5 Å². The molecule has 0 saturated carbocycles. The molecule has 2 aromatic heterocycles. The summed E-state index contributed by atoms with van der Waals surface area (Å²) in [5.41, 5.74) is 0.977. The highest BCUT2D eigenvalue weighted by Crippen LogP contribution is 2.29. The van der Waals surface area contributed by atoms with E-state index in [1.807, 2.05) is 36.3 Å². The number of hydrogen-bond acceptors (Lipinski definition) is 5. The van der Waals surface area contributed by atoms with Crippen molar-refractivity contribution in [1.82, 2.24) is 15.2 Å². The molecule has 0 aromatic carbocycles. The molecule has 0 atom stereocenters. The molecule has 3 heterocycles. The highest BCUT2D eigenvalue weighted by Gasteiger charge is 2.25. The summed E-state index contributed by atoms with van der Waals surface area (Å²) in [6.45, 7) is 5.02. The molecule has 0 fully saturated rings. The lowest BCUT2D eigenvalue weighted by molar-refractivity contribution is 0.0741. The SMILES string of the molecule is CC(C)NC(=O)Nc1nc2c(s1)CN(C(=O)c1cccs1)CC2. The average Bonchev–Trinajstić information content (AvgIpc) is 3.13. The summed E-state index contributed by atoms with van der Waals surface area (Å²) in [7, 11) is 0. The molecule has 122 valence electrons. The first-order chi connectivity index (χ1) is 11.0. The number of carbonyl (C=O) groups is 2. The molecular formula is C15H18N4O2S2. The Hall–Kier alpha value is -1.93. The zero-order chi connectivity index (χ0) is 16.4. The van der Waals surface area contributed by atoms with E-state index < -0.39 is 0 Å². The molecule has 0 aliphatic carbocycles. The Labute approximate surface area is 142 Å². The van der Waals surface area contributed by atoms with Crippen LogP contribution in [-0.2, 0) is 13.0 Å². The highest BCUT2D eigenvalue weighted by atomic mass is 32.1. The first kappa shape index (κ1) is 15.9. The minimum Gasteiger partial charge on any atom is -0.336 e. The van der Waals surface area contributed by atoms with Crippen LogP contribution in [0.5, 0.6) is 0 Å². The summed E-state index contributed by atoms with van der Waals surface area (Å²) in [5.74, 6) is 0.0612. The van der Waals surface area contributed by atoms with Crippen molar-refractivity contribution in [2.75, 3.05) is 11.9 Å². The standard InChI is InChI=1S/C15H18N4O2S2/c1-9(2)16-14(21)18-15-17-10-5-6-19(8-12(10)23-15)13(20)11-4-3-7-22-11/h3-4,7,9H,5-6,8H2,1-2H3,(H2,16,17,18,21). The summed E-state index contributed by atoms with van der Waals surface area (Å²) >= 11 is 2.89. The van der Waals surface area contributed by atoms with Crippen LogP contribution < -0.4 is 10.6 Å². The van der Waals surface area contributed by atoms with E-state index in [1.54, 1.807) is 0 Å². The van der Waals surface area contributed by atoms with Crippen molar-refractivity contribution in [3.05, 3.63) is 33.0 Å². The Bertz CT molecular complexity index is 709. The number of rotatable bonds is 3. The van der Waals surface area contributed by atoms with Gasteiger partial charge in [0.25, 0.3) is 5.91 Å². The molecule has 2 N–H and O–H groups in total. The number of hydrogen-bond donors (Lipinski definition) is 2. The van der Waals surface area contributed by atoms with Gasteiger partial charge in [-0.2, -0.15) is 0 Å². The Balaban J connectivity index is 1.67. The lowest BCUT2D eigenvalue weighted by atomic mass is 10.2. The maximum atomic E-state index is 12.4. The van der Waals surface area contributed by atoms with Crippen molar-refractivity contribution in [2.45, 2.75) is 32.9 Å². The van der Waals surface area contributed by atoms with Gasteiger partial charge in [-0.3, -0.25) is 10.1 Å². The third kappa shape index (κ3) is 3.70. The van der Waals surface area contributed by atoms with Gasteiger partial charge < -0.3 is 10.2 Å². The van der Waals surface area contributed by atoms with Crippen molar-refractivity contribution >= 4 is 39.7 Å². The van der Waals surface area contributed by atoms with Crippen LogP contribution >= 0.6 is 22.7 Å². The molecule has 1 aliphatic heterocycles. The lowest BCUT2D eigenvalue weighted by Gasteiger charge is -2.25. The Morgan fingerprint density at radius 1 is 1.39 bits per heavy atom. The minimum absolute atomic E-state index is 0.0612. The number of thiazole rings is 1. The molecule has 23 heavy (non-hydrogen) atoms. The monoisotopic (exact) mass is 350 g/mol. The molecule has 1 aliphatic rings. The molecule has 0 bridgehead atoms. The Morgan fingerprint density at radius 2 is 2.22 bits per heavy atom. The van der Waals surface area contributed by atoms with Crippen molar-refractivity contribution in [3.63, 3.8) is 0 Å². The van der Waals surface area contributed by atoms with Gasteiger partial charge in [-0.1, -0.05) is 17.4 Å². The van der Waals surface area contributed by atoms with E-state index in [0.717, 1.165) is 21.9 Å². The Morgan fingerprint density at radius 3 is 2.91 bits per heavy atom. The predicted octanol–water partition coefficient (Wildman–Crippen LogP) is 2.93. The van der Waals surface area contributed by atoms with Gasteiger partial charge in [0.05, 0.1) is 17.1 Å². The summed E-state index contributed by atoms with van der Waals surface area (Å²) < 4.78 is 0. The van der Waals surface area contributed by atoms with E-state index in [9.17, 15) is 9.59 Å². The number of amides is 3. The highest BCUT2D eigenvalue weighted by molar-refractivity contribution is 7.16. The fraction of sp³-hybridized carbons (Fsp3) is 0.400. The van der Waals surface area contributed by atoms with E-state index in [1.165, 1.54) is 22.7 Å². The lowest BCUT2D eigenvalue weighted by Crippen LogP contribution is -2.35. The minimum atomic E-state index is -0.252. The molecule has 2 aromatic rings. The van der Waals surface area contributed by atoms with Crippen molar-refractivity contribution in [2.24, 2.45) is 0 Å². The van der Waals surface area contributed by atoms with Crippen LogP contribution in [0.1, 0.15) is 34.1 Å². The number of urea groups is 1. The van der Waals surface area contributed by atoms with Gasteiger partial charge in [-0.15, -0.1) is 11.3 Å². The summed E-state index contributed by atoms with van der Waals surface area (Å²) in [6.07, 6.45) is 0.719. The van der Waals surface area contributed by atoms with Crippen LogP contribution in [0.4, 0.5) is 9.93 Å². The third-order valence-electron chi connectivity index (χ3n) is 3.39. The molecule has 3 amide bonds. The molecule has 0 radical (unpaired) electrons. The van der Waals surface area contributed by atoms with Crippen LogP contribution in [-0.4, -0.2) is 34.4 Å². The van der Waals surface area contributed by atoms with Crippen LogP contribution in [0.2, 0.25) is 0 Å². The Kier molecular flexibility index (Phi) is 4.63. The zero-order valence-electron chi connectivity index (χ0n) is 13.0. The quantitative estimate of drug-likeness (QED) is 0.894. The number of fused-ring (bicyclic) bond motifs is 1. The number of carbonyl (C=O) groups excluding carboxylic acids is 2. The number of aromatic nitrogens is 1. The van der Waals surface area contributed by atoms with Gasteiger partial charge in [0.1, 0.15) is 0 Å². The number of nitrogens with zero attached hydrogens (tertiary/aromatic N) is 2. The van der Waals surface area contributed by atoms with Crippen LogP contribution in [0.3, 0.4) is 0 Å². The zero-order valence-corrected chi connectivity index (χ0v) is 14.6. The maximum Gasteiger partial charge on any atom is 0.321 e. The number of thiophene rings is 1. The summed E-state index contributed by atoms with van der Waals surface area (Å²) in [4.78, 5) is 32.3. The van der Waals surface area contributed by atoms with E-state index >= 15 is 0 Å². The fourth-order valence-corrected chi connectivity index (χ4v) is 4.08. The average molecular weight is 350 g/mol. The summed E-state index contributed by atoms with van der Waals surface area (Å²) in [6, 6.07) is 3.55. The van der Waals surface area contributed by atoms with Gasteiger partial charge in [0.15, 0.2) is 5.13 Å². The normalized spacial score (nSPS) is 13.8. The largest absolute Gasteiger partial charge is 0.336 e. The van der Waals surface area contributed by atoms with Crippen LogP contribution in [0, 0.1) is 0 Å². The van der Waals surface area contributed by atoms with Crippen molar-refractivity contribution in [3.8, 4) is 0 Å². The summed E-state index contributed by atoms with van der Waals surface area (Å²) in [5, 5.41) is 8.02. The number of nitrogens with one attached hydrogen (secondary N) is 2. The molecule has 0 unspecified atom stereocenters. The molecule has 0 saturated heterocycles. The molecular weight excluding hydrogens is 332 g/mol. The molecule has 0 spiro atoms. The smallest absolute Gasteiger partial charge is 0.321 e. The second kappa shape index (κ2) is 6.67. The van der Waals surface area contributed by atoms with Gasteiger partial charge in [-0.25, -0.2) is 9.78 Å². The second-order valence-electron chi connectivity index (χ2n) is 5.60. The van der Waals surface area contributed by atoms with Crippen LogP contribution in [0.25, 0.3) is 0 Å². The molecule has 3 rings (SSSR count). The van der Waals surface area contributed by atoms with Crippen molar-refractivity contribution < 1.29 is 9.59 Å². The first-order valence-corrected chi connectivity index (χ1v) is 9.11. The van der Waals surface area contributed by atoms with Gasteiger partial charge in [0.2, 0.25) is 0 Å². The second-order valence-corrected chi connectivity index (χ2v) is 7.63. The molecule has 8 heteroatoms. The van der Waals surface area contributed by atoms with Gasteiger partial charge in [0, 0.05) is 23.9 Å². The predicted molar refractivity (Wildman–Crippen MR) is 92.2 cm³/mol. The van der Waals surface area contributed by atoms with E-state index in [0.29, 0.717) is 18.2 Å². The fourth-order valence-electron chi connectivity index (χ4n) is 2.37. The third-order valence-corrected chi connectivity index (χ3v) is 5.25. The topological polar surface area (TPSA) is 74.3 Å². The van der Waals surface area contributed by atoms with E-state index in [-0.39, 0.29) is 18.0 Å². The van der Waals surface area contributed by atoms with E-state index in [4.69, 9.17) is 0 Å². The molecule has 6 nitrogen and oxygen atoms in total. The van der Waals surface area contributed by atoms with Gasteiger partial charge in [-0.05, 0) is 25.3 Å². The van der Waals surface area contributed by atoms with Gasteiger partial charge >= 0.3 is 6.03 Å². The first-order valence-electron chi connectivity index (χ1n) is 7.42. The number of anilines is 1.